The summed E-state index contributed by atoms with van der Waals surface area (Å²) in [4.78, 5) is 7.82. The molecule has 5 heteroatoms. The normalized spacial score (nSPS) is 10.8. The largest absolute Gasteiger partial charge is 0.338 e. The zero-order valence-corrected chi connectivity index (χ0v) is 11.0. The zero-order chi connectivity index (χ0) is 13.6. The third kappa shape index (κ3) is 1.61. The molecule has 3 rings (SSSR count). The number of nitrogens with zero attached hydrogens (tertiary/aromatic N) is 4. The fourth-order valence-corrected chi connectivity index (χ4v) is 2.36. The second-order valence-corrected chi connectivity index (χ2v) is 4.57. The van der Waals surface area contributed by atoms with E-state index in [0.717, 1.165) is 28.3 Å². The summed E-state index contributed by atoms with van der Waals surface area (Å²) >= 11 is 0. The number of hydrogen-bond donors (Lipinski definition) is 1. The van der Waals surface area contributed by atoms with E-state index in [-0.39, 0.29) is 0 Å². The molecule has 0 amide bonds. The number of aryl methyl sites for hydroxylation is 2. The van der Waals surface area contributed by atoms with Crippen molar-refractivity contribution >= 4 is 11.0 Å². The minimum Gasteiger partial charge on any atom is -0.338 e. The maximum atomic E-state index is 9.11. The number of para-hydroxylation sites is 1. The van der Waals surface area contributed by atoms with Crippen LogP contribution in [-0.2, 0) is 7.05 Å². The smallest absolute Gasteiger partial charge is 0.142 e. The van der Waals surface area contributed by atoms with Crippen molar-refractivity contribution < 1.29 is 0 Å². The SMILES string of the molecule is Cc1nn(C)c(C)c1-c1nc2c(C#N)cccc2[nH]1. The second-order valence-electron chi connectivity index (χ2n) is 4.57. The van der Waals surface area contributed by atoms with E-state index in [2.05, 4.69) is 21.1 Å². The molecule has 0 aliphatic carbocycles. The van der Waals surface area contributed by atoms with Crippen molar-refractivity contribution in [2.75, 3.05) is 0 Å². The first-order valence-corrected chi connectivity index (χ1v) is 6.01. The first-order chi connectivity index (χ1) is 9.11. The standard InChI is InChI=1S/C14H13N5/c1-8-12(9(2)19(3)18-8)14-16-11-6-4-5-10(7-15)13(11)17-14/h4-6H,1-3H3,(H,16,17). The van der Waals surface area contributed by atoms with Crippen LogP contribution in [0.25, 0.3) is 22.4 Å². The summed E-state index contributed by atoms with van der Waals surface area (Å²) in [6.07, 6.45) is 0. The van der Waals surface area contributed by atoms with E-state index in [1.807, 2.05) is 37.7 Å². The van der Waals surface area contributed by atoms with Crippen molar-refractivity contribution in [1.82, 2.24) is 19.7 Å². The summed E-state index contributed by atoms with van der Waals surface area (Å²) in [5.74, 6) is 0.765. The monoisotopic (exact) mass is 251 g/mol. The van der Waals surface area contributed by atoms with Gasteiger partial charge in [-0.25, -0.2) is 4.98 Å². The van der Waals surface area contributed by atoms with E-state index in [9.17, 15) is 0 Å². The van der Waals surface area contributed by atoms with Gasteiger partial charge in [-0.1, -0.05) is 6.07 Å². The highest BCUT2D eigenvalue weighted by Crippen LogP contribution is 2.27. The first kappa shape index (κ1) is 11.5. The van der Waals surface area contributed by atoms with Gasteiger partial charge in [0.15, 0.2) is 0 Å². The maximum absolute atomic E-state index is 9.11. The molecule has 2 heterocycles. The van der Waals surface area contributed by atoms with Gasteiger partial charge in [0.05, 0.1) is 22.3 Å². The van der Waals surface area contributed by atoms with Crippen LogP contribution in [0, 0.1) is 25.2 Å². The highest BCUT2D eigenvalue weighted by molar-refractivity contribution is 5.85. The lowest BCUT2D eigenvalue weighted by atomic mass is 10.2. The topological polar surface area (TPSA) is 70.3 Å². The van der Waals surface area contributed by atoms with Crippen molar-refractivity contribution in [2.45, 2.75) is 13.8 Å². The van der Waals surface area contributed by atoms with Crippen molar-refractivity contribution in [3.63, 3.8) is 0 Å². The highest BCUT2D eigenvalue weighted by Gasteiger charge is 2.16. The lowest BCUT2D eigenvalue weighted by Crippen LogP contribution is -1.92. The molecule has 0 spiro atoms. The minimum absolute atomic E-state index is 0.583. The highest BCUT2D eigenvalue weighted by atomic mass is 15.3. The van der Waals surface area contributed by atoms with Crippen molar-refractivity contribution in [1.29, 1.82) is 5.26 Å². The van der Waals surface area contributed by atoms with E-state index in [4.69, 9.17) is 5.26 Å². The van der Waals surface area contributed by atoms with Crippen molar-refractivity contribution in [2.24, 2.45) is 7.05 Å². The number of imidazole rings is 1. The summed E-state index contributed by atoms with van der Waals surface area (Å²) < 4.78 is 1.84. The third-order valence-electron chi connectivity index (χ3n) is 3.38. The van der Waals surface area contributed by atoms with E-state index in [0.29, 0.717) is 11.1 Å². The molecule has 1 aromatic carbocycles. The number of H-pyrrole nitrogens is 1. The Labute approximate surface area is 110 Å². The molecular formula is C14H13N5. The predicted molar refractivity (Wildman–Crippen MR) is 72.5 cm³/mol. The van der Waals surface area contributed by atoms with Crippen LogP contribution >= 0.6 is 0 Å². The third-order valence-corrected chi connectivity index (χ3v) is 3.38. The molecule has 5 nitrogen and oxygen atoms in total. The molecule has 0 unspecified atom stereocenters. The maximum Gasteiger partial charge on any atom is 0.142 e. The van der Waals surface area contributed by atoms with Crippen LogP contribution in [0.15, 0.2) is 18.2 Å². The van der Waals surface area contributed by atoms with Gasteiger partial charge < -0.3 is 4.98 Å². The molecule has 0 atom stereocenters. The lowest BCUT2D eigenvalue weighted by molar-refractivity contribution is 0.731. The molecule has 0 aliphatic rings. The Morgan fingerprint density at radius 2 is 2.11 bits per heavy atom. The van der Waals surface area contributed by atoms with Gasteiger partial charge in [-0.05, 0) is 26.0 Å². The Balaban J connectivity index is 2.30. The summed E-state index contributed by atoms with van der Waals surface area (Å²) in [5, 5.41) is 13.5. The fourth-order valence-electron chi connectivity index (χ4n) is 2.36. The molecule has 0 saturated carbocycles. The van der Waals surface area contributed by atoms with Gasteiger partial charge in [0.25, 0.3) is 0 Å². The van der Waals surface area contributed by atoms with Crippen LogP contribution in [-0.4, -0.2) is 19.7 Å². The molecule has 0 fully saturated rings. The number of aromatic nitrogens is 4. The number of nitrogens with one attached hydrogen (secondary N) is 1. The molecule has 0 bridgehead atoms. The molecule has 1 N–H and O–H groups in total. The summed E-state index contributed by atoms with van der Waals surface area (Å²) in [6, 6.07) is 7.72. The molecule has 0 radical (unpaired) electrons. The van der Waals surface area contributed by atoms with Crippen molar-refractivity contribution in [3.8, 4) is 17.5 Å². The van der Waals surface area contributed by atoms with Crippen LogP contribution in [0.1, 0.15) is 17.0 Å². The predicted octanol–water partition coefficient (Wildman–Crippen LogP) is 2.45. The molecular weight excluding hydrogens is 238 g/mol. The summed E-state index contributed by atoms with van der Waals surface area (Å²) in [7, 11) is 1.91. The van der Waals surface area contributed by atoms with E-state index < -0.39 is 0 Å². The molecule has 94 valence electrons. The average molecular weight is 251 g/mol. The molecule has 3 aromatic rings. The van der Waals surface area contributed by atoms with Gasteiger partial charge in [0.1, 0.15) is 17.4 Å². The van der Waals surface area contributed by atoms with Crippen LogP contribution in [0.3, 0.4) is 0 Å². The van der Waals surface area contributed by atoms with E-state index >= 15 is 0 Å². The number of rotatable bonds is 1. The summed E-state index contributed by atoms with van der Waals surface area (Å²) in [5.41, 5.74) is 5.15. The zero-order valence-electron chi connectivity index (χ0n) is 11.0. The average Bonchev–Trinajstić information content (AvgIpc) is 2.90. The van der Waals surface area contributed by atoms with Gasteiger partial charge in [-0.15, -0.1) is 0 Å². The van der Waals surface area contributed by atoms with Crippen molar-refractivity contribution in [3.05, 3.63) is 35.2 Å². The van der Waals surface area contributed by atoms with Gasteiger partial charge >= 0.3 is 0 Å². The Morgan fingerprint density at radius 1 is 1.32 bits per heavy atom. The van der Waals surface area contributed by atoms with Crippen LogP contribution in [0.2, 0.25) is 0 Å². The Kier molecular flexibility index (Phi) is 2.39. The molecule has 2 aromatic heterocycles. The fraction of sp³-hybridized carbons (Fsp3) is 0.214. The molecule has 19 heavy (non-hydrogen) atoms. The van der Waals surface area contributed by atoms with Crippen LogP contribution in [0.5, 0.6) is 0 Å². The molecule has 0 aliphatic heterocycles. The number of hydrogen-bond acceptors (Lipinski definition) is 3. The van der Waals surface area contributed by atoms with Gasteiger partial charge in [-0.2, -0.15) is 10.4 Å². The molecule has 0 saturated heterocycles. The quantitative estimate of drug-likeness (QED) is 0.722. The first-order valence-electron chi connectivity index (χ1n) is 6.01. The Bertz CT molecular complexity index is 816. The second kappa shape index (κ2) is 3.95. The van der Waals surface area contributed by atoms with Gasteiger partial charge in [0.2, 0.25) is 0 Å². The van der Waals surface area contributed by atoms with E-state index in [1.54, 1.807) is 6.07 Å². The Hall–Kier alpha value is -2.61. The summed E-state index contributed by atoms with van der Waals surface area (Å²) in [6.45, 7) is 3.97. The number of nitriles is 1. The van der Waals surface area contributed by atoms with Crippen LogP contribution < -0.4 is 0 Å². The number of benzene rings is 1. The lowest BCUT2D eigenvalue weighted by Gasteiger charge is -1.96. The van der Waals surface area contributed by atoms with Gasteiger partial charge in [-0.3, -0.25) is 4.68 Å². The number of aromatic amines is 1. The van der Waals surface area contributed by atoms with Gasteiger partial charge in [0, 0.05) is 12.7 Å². The van der Waals surface area contributed by atoms with Crippen LogP contribution in [0.4, 0.5) is 0 Å². The van der Waals surface area contributed by atoms with E-state index in [1.165, 1.54) is 0 Å². The Morgan fingerprint density at radius 3 is 2.74 bits per heavy atom. The minimum atomic E-state index is 0.583. The number of fused-ring (bicyclic) bond motifs is 1.